The maximum Gasteiger partial charge on any atom is 0.358 e. The van der Waals surface area contributed by atoms with E-state index in [1.54, 1.807) is 0 Å². The van der Waals surface area contributed by atoms with Gasteiger partial charge < -0.3 is 10.5 Å². The van der Waals surface area contributed by atoms with E-state index in [1.165, 1.54) is 6.20 Å². The van der Waals surface area contributed by atoms with Gasteiger partial charge in [0.2, 0.25) is 0 Å². The van der Waals surface area contributed by atoms with Gasteiger partial charge in [-0.3, -0.25) is 5.10 Å². The molecule has 0 amide bonds. The summed E-state index contributed by atoms with van der Waals surface area (Å²) in [5, 5.41) is 6.13. The molecule has 14 heavy (non-hydrogen) atoms. The van der Waals surface area contributed by atoms with E-state index in [2.05, 4.69) is 17.1 Å². The second-order valence-corrected chi connectivity index (χ2v) is 3.04. The Morgan fingerprint density at radius 3 is 3.00 bits per heavy atom. The summed E-state index contributed by atoms with van der Waals surface area (Å²) in [5.74, 6) is -0.434. The Balaban J connectivity index is 2.32. The van der Waals surface area contributed by atoms with E-state index in [9.17, 15) is 4.79 Å². The molecule has 5 nitrogen and oxygen atoms in total. The molecular formula is C9H15N3O2. The number of hydrogen-bond donors (Lipinski definition) is 2. The molecule has 0 saturated carbocycles. The number of nitrogens with two attached hydrogens (primary N) is 1. The number of aromatic amines is 1. The molecule has 0 atom stereocenters. The summed E-state index contributed by atoms with van der Waals surface area (Å²) in [6, 6.07) is 0. The van der Waals surface area contributed by atoms with Crippen LogP contribution < -0.4 is 5.73 Å². The van der Waals surface area contributed by atoms with Crippen LogP contribution in [-0.4, -0.2) is 22.8 Å². The first-order valence-corrected chi connectivity index (χ1v) is 4.71. The number of nitrogens with one attached hydrogen (secondary N) is 1. The highest BCUT2D eigenvalue weighted by Crippen LogP contribution is 2.07. The number of carbonyl (C=O) groups is 1. The van der Waals surface area contributed by atoms with Crippen molar-refractivity contribution in [2.75, 3.05) is 12.3 Å². The first-order chi connectivity index (χ1) is 6.75. The lowest BCUT2D eigenvalue weighted by atomic mass is 10.3. The van der Waals surface area contributed by atoms with Crippen LogP contribution in [-0.2, 0) is 4.74 Å². The summed E-state index contributed by atoms with van der Waals surface area (Å²) in [6.45, 7) is 2.53. The highest BCUT2D eigenvalue weighted by molar-refractivity contribution is 5.92. The SMILES string of the molecule is CCCCCOC(=O)c1[nH]ncc1N. The quantitative estimate of drug-likeness (QED) is 0.551. The zero-order valence-electron chi connectivity index (χ0n) is 8.25. The van der Waals surface area contributed by atoms with Gasteiger partial charge in [-0.2, -0.15) is 5.10 Å². The van der Waals surface area contributed by atoms with Crippen LogP contribution in [0.15, 0.2) is 6.20 Å². The molecule has 1 heterocycles. The van der Waals surface area contributed by atoms with Crippen LogP contribution in [0.3, 0.4) is 0 Å². The van der Waals surface area contributed by atoms with Gasteiger partial charge in [-0.15, -0.1) is 0 Å². The van der Waals surface area contributed by atoms with Gasteiger partial charge in [-0.1, -0.05) is 19.8 Å². The molecule has 0 bridgehead atoms. The van der Waals surface area contributed by atoms with Crippen molar-refractivity contribution in [1.82, 2.24) is 10.2 Å². The van der Waals surface area contributed by atoms with E-state index in [4.69, 9.17) is 10.5 Å². The summed E-state index contributed by atoms with van der Waals surface area (Å²) in [6.07, 6.45) is 4.44. The summed E-state index contributed by atoms with van der Waals surface area (Å²) in [5.41, 5.74) is 6.04. The minimum atomic E-state index is -0.434. The Kier molecular flexibility index (Phi) is 3.97. The normalized spacial score (nSPS) is 10.1. The van der Waals surface area contributed by atoms with Gasteiger partial charge in [-0.25, -0.2) is 4.79 Å². The number of esters is 1. The predicted octanol–water partition coefficient (Wildman–Crippen LogP) is 1.34. The van der Waals surface area contributed by atoms with Gasteiger partial charge in [0.05, 0.1) is 18.5 Å². The molecule has 5 heteroatoms. The van der Waals surface area contributed by atoms with Crippen molar-refractivity contribution < 1.29 is 9.53 Å². The lowest BCUT2D eigenvalue weighted by molar-refractivity contribution is 0.0492. The van der Waals surface area contributed by atoms with Crippen molar-refractivity contribution in [1.29, 1.82) is 0 Å². The number of anilines is 1. The minimum Gasteiger partial charge on any atom is -0.461 e. The molecule has 0 aliphatic rings. The van der Waals surface area contributed by atoms with Crippen molar-refractivity contribution in [3.05, 3.63) is 11.9 Å². The Labute approximate surface area is 82.6 Å². The third kappa shape index (κ3) is 2.76. The lowest BCUT2D eigenvalue weighted by Crippen LogP contribution is -2.09. The van der Waals surface area contributed by atoms with Gasteiger partial charge in [-0.05, 0) is 6.42 Å². The molecule has 3 N–H and O–H groups in total. The summed E-state index contributed by atoms with van der Waals surface area (Å²) in [7, 11) is 0. The maximum absolute atomic E-state index is 11.3. The number of unbranched alkanes of at least 4 members (excludes halogenated alkanes) is 2. The summed E-state index contributed by atoms with van der Waals surface area (Å²) >= 11 is 0. The average Bonchev–Trinajstić information content (AvgIpc) is 2.59. The fraction of sp³-hybridized carbons (Fsp3) is 0.556. The number of aromatic nitrogens is 2. The predicted molar refractivity (Wildman–Crippen MR) is 52.8 cm³/mol. The second kappa shape index (κ2) is 5.26. The molecule has 1 rings (SSSR count). The molecule has 0 aliphatic heterocycles. The van der Waals surface area contributed by atoms with Crippen molar-refractivity contribution in [3.8, 4) is 0 Å². The van der Waals surface area contributed by atoms with E-state index in [0.29, 0.717) is 12.3 Å². The Morgan fingerprint density at radius 2 is 2.43 bits per heavy atom. The van der Waals surface area contributed by atoms with Crippen LogP contribution in [0.5, 0.6) is 0 Å². The fourth-order valence-corrected chi connectivity index (χ4v) is 1.05. The van der Waals surface area contributed by atoms with E-state index in [0.717, 1.165) is 19.3 Å². The lowest BCUT2D eigenvalue weighted by Gasteiger charge is -2.02. The fourth-order valence-electron chi connectivity index (χ4n) is 1.05. The van der Waals surface area contributed by atoms with Crippen LogP contribution in [0.1, 0.15) is 36.7 Å². The molecule has 0 radical (unpaired) electrons. The number of ether oxygens (including phenoxy) is 1. The third-order valence-corrected chi connectivity index (χ3v) is 1.85. The largest absolute Gasteiger partial charge is 0.461 e. The van der Waals surface area contributed by atoms with Crippen LogP contribution in [0.4, 0.5) is 5.69 Å². The van der Waals surface area contributed by atoms with Crippen molar-refractivity contribution in [3.63, 3.8) is 0 Å². The number of rotatable bonds is 5. The molecule has 0 aromatic carbocycles. The van der Waals surface area contributed by atoms with E-state index >= 15 is 0 Å². The number of nitrogens with zero attached hydrogens (tertiary/aromatic N) is 1. The molecule has 0 fully saturated rings. The van der Waals surface area contributed by atoms with Crippen molar-refractivity contribution in [2.45, 2.75) is 26.2 Å². The molecule has 1 aromatic rings. The maximum atomic E-state index is 11.3. The van der Waals surface area contributed by atoms with Gasteiger partial charge >= 0.3 is 5.97 Å². The highest BCUT2D eigenvalue weighted by atomic mass is 16.5. The first kappa shape index (κ1) is 10.6. The van der Waals surface area contributed by atoms with Crippen LogP contribution >= 0.6 is 0 Å². The van der Waals surface area contributed by atoms with Crippen LogP contribution in [0, 0.1) is 0 Å². The van der Waals surface area contributed by atoms with E-state index in [-0.39, 0.29) is 5.69 Å². The van der Waals surface area contributed by atoms with Crippen LogP contribution in [0.25, 0.3) is 0 Å². The Bertz CT molecular complexity index is 296. The molecule has 1 aromatic heterocycles. The molecule has 0 unspecified atom stereocenters. The molecule has 0 aliphatic carbocycles. The zero-order chi connectivity index (χ0) is 10.4. The third-order valence-electron chi connectivity index (χ3n) is 1.85. The van der Waals surface area contributed by atoms with Crippen molar-refractivity contribution in [2.24, 2.45) is 0 Å². The standard InChI is InChI=1S/C9H15N3O2/c1-2-3-4-5-14-9(13)8-7(10)6-11-12-8/h6H,2-5,10H2,1H3,(H,11,12). The van der Waals surface area contributed by atoms with Gasteiger partial charge in [0, 0.05) is 0 Å². The van der Waals surface area contributed by atoms with Gasteiger partial charge in [0.15, 0.2) is 5.69 Å². The minimum absolute atomic E-state index is 0.237. The Hall–Kier alpha value is -1.52. The van der Waals surface area contributed by atoms with Gasteiger partial charge in [0.25, 0.3) is 0 Å². The molecule has 0 spiro atoms. The monoisotopic (exact) mass is 197 g/mol. The van der Waals surface area contributed by atoms with E-state index in [1.807, 2.05) is 0 Å². The highest BCUT2D eigenvalue weighted by Gasteiger charge is 2.12. The van der Waals surface area contributed by atoms with E-state index < -0.39 is 5.97 Å². The topological polar surface area (TPSA) is 81.0 Å². The number of hydrogen-bond acceptors (Lipinski definition) is 4. The van der Waals surface area contributed by atoms with Crippen LogP contribution in [0.2, 0.25) is 0 Å². The molecule has 0 saturated heterocycles. The summed E-state index contributed by atoms with van der Waals surface area (Å²) in [4.78, 5) is 11.3. The number of H-pyrrole nitrogens is 1. The first-order valence-electron chi connectivity index (χ1n) is 4.71. The number of carbonyl (C=O) groups excluding carboxylic acids is 1. The summed E-state index contributed by atoms with van der Waals surface area (Å²) < 4.78 is 4.98. The number of nitrogen functional groups attached to an aromatic ring is 1. The van der Waals surface area contributed by atoms with Crippen molar-refractivity contribution >= 4 is 11.7 Å². The second-order valence-electron chi connectivity index (χ2n) is 3.04. The average molecular weight is 197 g/mol. The molecular weight excluding hydrogens is 182 g/mol. The molecule has 78 valence electrons. The van der Waals surface area contributed by atoms with Gasteiger partial charge in [0.1, 0.15) is 0 Å². The smallest absolute Gasteiger partial charge is 0.358 e. The Morgan fingerprint density at radius 1 is 1.64 bits per heavy atom. The zero-order valence-corrected chi connectivity index (χ0v) is 8.25.